The van der Waals surface area contributed by atoms with Gasteiger partial charge in [0.05, 0.1) is 5.00 Å². The van der Waals surface area contributed by atoms with E-state index < -0.39 is 0 Å². The Morgan fingerprint density at radius 1 is 1.25 bits per heavy atom. The second-order valence-corrected chi connectivity index (χ2v) is 7.67. The van der Waals surface area contributed by atoms with Crippen LogP contribution in [0.5, 0.6) is 0 Å². The number of carbonyl (C=O) groups is 1. The summed E-state index contributed by atoms with van der Waals surface area (Å²) in [6.07, 6.45) is 4.11. The van der Waals surface area contributed by atoms with Gasteiger partial charge in [-0.3, -0.25) is 4.79 Å². The van der Waals surface area contributed by atoms with Crippen LogP contribution in [-0.2, 0) is 4.79 Å². The van der Waals surface area contributed by atoms with Crippen LogP contribution in [0.4, 0.5) is 5.00 Å². The van der Waals surface area contributed by atoms with Crippen molar-refractivity contribution in [2.24, 2.45) is 0 Å². The average Bonchev–Trinajstić information content (AvgIpc) is 3.17. The number of nitrogens with one attached hydrogen (secondary N) is 1. The quantitative estimate of drug-likeness (QED) is 0.749. The highest BCUT2D eigenvalue weighted by Crippen LogP contribution is 2.33. The molecule has 0 saturated carbocycles. The zero-order valence-electron chi connectivity index (χ0n) is 13.9. The van der Waals surface area contributed by atoms with Gasteiger partial charge in [0.2, 0.25) is 0 Å². The van der Waals surface area contributed by atoms with Gasteiger partial charge in [0.1, 0.15) is 0 Å². The monoisotopic (exact) mass is 360 g/mol. The second-order valence-electron chi connectivity index (χ2n) is 6.15. The molecule has 126 valence electrons. The lowest BCUT2D eigenvalue weighted by Gasteiger charge is -2.17. The van der Waals surface area contributed by atoms with Gasteiger partial charge in [-0.25, -0.2) is 0 Å². The van der Waals surface area contributed by atoms with Crippen molar-refractivity contribution in [2.45, 2.75) is 26.7 Å². The maximum Gasteiger partial charge on any atom is 0.250 e. The van der Waals surface area contributed by atoms with Crippen molar-refractivity contribution < 1.29 is 4.79 Å². The zero-order chi connectivity index (χ0) is 17.1. The minimum absolute atomic E-state index is 0.0740. The van der Waals surface area contributed by atoms with E-state index in [1.54, 1.807) is 17.4 Å². The maximum atomic E-state index is 12.2. The summed E-state index contributed by atoms with van der Waals surface area (Å²) in [5.74, 6) is -0.0740. The average molecular weight is 361 g/mol. The molecular weight excluding hydrogens is 340 g/mol. The van der Waals surface area contributed by atoms with Crippen LogP contribution in [0.15, 0.2) is 42.1 Å². The minimum atomic E-state index is -0.0740. The van der Waals surface area contributed by atoms with Gasteiger partial charge < -0.3 is 10.2 Å². The molecule has 0 aliphatic carbocycles. The van der Waals surface area contributed by atoms with Crippen molar-refractivity contribution in [1.82, 2.24) is 4.90 Å². The molecule has 3 rings (SSSR count). The summed E-state index contributed by atoms with van der Waals surface area (Å²) in [5, 5.41) is 4.53. The molecule has 1 aromatic carbocycles. The van der Waals surface area contributed by atoms with Gasteiger partial charge in [0, 0.05) is 34.8 Å². The summed E-state index contributed by atoms with van der Waals surface area (Å²) < 4.78 is 0. The van der Waals surface area contributed by atoms with Crippen LogP contribution in [-0.4, -0.2) is 23.9 Å². The highest BCUT2D eigenvalue weighted by molar-refractivity contribution is 7.19. The van der Waals surface area contributed by atoms with Crippen LogP contribution in [0.3, 0.4) is 0 Å². The van der Waals surface area contributed by atoms with Gasteiger partial charge in [-0.05, 0) is 62.1 Å². The van der Waals surface area contributed by atoms with Gasteiger partial charge in [-0.1, -0.05) is 17.7 Å². The SMILES string of the molecule is CC(=CC(=O)Nc1ccc(-c2cc(C)cc(Cl)c2)s1)N1CCCC1. The predicted molar refractivity (Wildman–Crippen MR) is 103 cm³/mol. The molecule has 2 heterocycles. The van der Waals surface area contributed by atoms with E-state index >= 15 is 0 Å². The topological polar surface area (TPSA) is 32.3 Å². The lowest BCUT2D eigenvalue weighted by Crippen LogP contribution is -2.19. The summed E-state index contributed by atoms with van der Waals surface area (Å²) in [4.78, 5) is 15.6. The third kappa shape index (κ3) is 4.19. The van der Waals surface area contributed by atoms with Crippen molar-refractivity contribution in [3.05, 3.63) is 52.7 Å². The van der Waals surface area contributed by atoms with Gasteiger partial charge in [-0.15, -0.1) is 11.3 Å². The third-order valence-corrected chi connectivity index (χ3v) is 5.39. The standard InChI is InChI=1S/C19H21ClN2OS/c1-13-9-15(12-16(20)10-13)17-5-6-19(24-17)21-18(23)11-14(2)22-7-3-4-8-22/h5-6,9-12H,3-4,7-8H2,1-2H3,(H,21,23). The summed E-state index contributed by atoms with van der Waals surface area (Å²) >= 11 is 7.69. The van der Waals surface area contributed by atoms with Gasteiger partial charge in [-0.2, -0.15) is 0 Å². The molecule has 1 N–H and O–H groups in total. The number of aryl methyl sites for hydroxylation is 1. The molecule has 1 aliphatic rings. The fraction of sp³-hybridized carbons (Fsp3) is 0.316. The first-order valence-electron chi connectivity index (χ1n) is 8.13. The molecule has 0 bridgehead atoms. The molecule has 5 heteroatoms. The molecule has 1 saturated heterocycles. The number of hydrogen-bond acceptors (Lipinski definition) is 3. The zero-order valence-corrected chi connectivity index (χ0v) is 15.5. The third-order valence-electron chi connectivity index (χ3n) is 4.12. The molecule has 24 heavy (non-hydrogen) atoms. The minimum Gasteiger partial charge on any atom is -0.375 e. The molecule has 0 unspecified atom stereocenters. The Bertz CT molecular complexity index is 755. The van der Waals surface area contributed by atoms with E-state index in [2.05, 4.69) is 16.3 Å². The molecule has 1 amide bonds. The Morgan fingerprint density at radius 2 is 2.00 bits per heavy atom. The first kappa shape index (κ1) is 17.1. The van der Waals surface area contributed by atoms with Crippen molar-refractivity contribution in [1.29, 1.82) is 0 Å². The number of nitrogens with zero attached hydrogens (tertiary/aromatic N) is 1. The Hall–Kier alpha value is -1.78. The number of benzene rings is 1. The van der Waals surface area contributed by atoms with Gasteiger partial charge >= 0.3 is 0 Å². The van der Waals surface area contributed by atoms with Crippen molar-refractivity contribution in [3.63, 3.8) is 0 Å². The van der Waals surface area contributed by atoms with Gasteiger partial charge in [0.15, 0.2) is 0 Å². The van der Waals surface area contributed by atoms with E-state index in [1.165, 1.54) is 12.8 Å². The molecule has 0 spiro atoms. The van der Waals surface area contributed by atoms with E-state index in [-0.39, 0.29) is 5.91 Å². The number of likely N-dealkylation sites (tertiary alicyclic amines) is 1. The first-order chi connectivity index (χ1) is 11.5. The number of thiophene rings is 1. The lowest BCUT2D eigenvalue weighted by atomic mass is 10.1. The Morgan fingerprint density at radius 3 is 2.71 bits per heavy atom. The summed E-state index contributed by atoms with van der Waals surface area (Å²) in [5.41, 5.74) is 3.24. The molecule has 2 aromatic rings. The number of anilines is 1. The number of halogens is 1. The van der Waals surface area contributed by atoms with Crippen LogP contribution in [0.2, 0.25) is 5.02 Å². The van der Waals surface area contributed by atoms with E-state index in [0.29, 0.717) is 0 Å². The van der Waals surface area contributed by atoms with Crippen molar-refractivity contribution in [3.8, 4) is 10.4 Å². The van der Waals surface area contributed by atoms with E-state index in [0.717, 1.165) is 44.8 Å². The van der Waals surface area contributed by atoms with Gasteiger partial charge in [0.25, 0.3) is 5.91 Å². The van der Waals surface area contributed by atoms with E-state index in [4.69, 9.17) is 11.6 Å². The number of allylic oxidation sites excluding steroid dienone is 1. The first-order valence-corrected chi connectivity index (χ1v) is 9.32. The Labute approximate surface area is 151 Å². The van der Waals surface area contributed by atoms with Crippen LogP contribution < -0.4 is 5.32 Å². The van der Waals surface area contributed by atoms with Crippen LogP contribution in [0.25, 0.3) is 10.4 Å². The fourth-order valence-corrected chi connectivity index (χ4v) is 4.13. The maximum absolute atomic E-state index is 12.2. The molecule has 0 atom stereocenters. The van der Waals surface area contributed by atoms with Crippen molar-refractivity contribution >= 4 is 33.8 Å². The molecule has 1 aliphatic heterocycles. The smallest absolute Gasteiger partial charge is 0.250 e. The number of hydrogen-bond donors (Lipinski definition) is 1. The summed E-state index contributed by atoms with van der Waals surface area (Å²) in [6, 6.07) is 9.94. The Balaban J connectivity index is 1.69. The summed E-state index contributed by atoms with van der Waals surface area (Å²) in [6.45, 7) is 6.12. The van der Waals surface area contributed by atoms with E-state index in [1.807, 2.05) is 38.1 Å². The largest absolute Gasteiger partial charge is 0.375 e. The second kappa shape index (κ2) is 7.41. The fourth-order valence-electron chi connectivity index (χ4n) is 2.95. The van der Waals surface area contributed by atoms with Crippen LogP contribution in [0.1, 0.15) is 25.3 Å². The molecular formula is C19H21ClN2OS. The summed E-state index contributed by atoms with van der Waals surface area (Å²) in [7, 11) is 0. The van der Waals surface area contributed by atoms with Crippen molar-refractivity contribution in [2.75, 3.05) is 18.4 Å². The molecule has 1 fully saturated rings. The van der Waals surface area contributed by atoms with Crippen LogP contribution in [0, 0.1) is 6.92 Å². The number of rotatable bonds is 4. The number of carbonyl (C=O) groups excluding carboxylic acids is 1. The van der Waals surface area contributed by atoms with Crippen LogP contribution >= 0.6 is 22.9 Å². The van der Waals surface area contributed by atoms with E-state index in [9.17, 15) is 4.79 Å². The highest BCUT2D eigenvalue weighted by Gasteiger charge is 2.13. The molecule has 0 radical (unpaired) electrons. The predicted octanol–water partition coefficient (Wildman–Crippen LogP) is 5.32. The number of amides is 1. The molecule has 3 nitrogen and oxygen atoms in total. The molecule has 1 aromatic heterocycles. The normalized spacial score (nSPS) is 15.0. The lowest BCUT2D eigenvalue weighted by molar-refractivity contribution is -0.112. The Kier molecular flexibility index (Phi) is 5.27. The highest BCUT2D eigenvalue weighted by atomic mass is 35.5.